The molecule has 76 valence electrons. The lowest BCUT2D eigenvalue weighted by atomic mass is 9.94. The summed E-state index contributed by atoms with van der Waals surface area (Å²) in [6.07, 6.45) is 4.93. The fraction of sp³-hybridized carbons (Fsp3) is 0.500. The molecule has 2 rings (SSSR count). The van der Waals surface area contributed by atoms with Crippen LogP contribution in [0.5, 0.6) is 0 Å². The second-order valence-electron chi connectivity index (χ2n) is 3.55. The summed E-state index contributed by atoms with van der Waals surface area (Å²) in [4.78, 5) is 4.12. The van der Waals surface area contributed by atoms with E-state index in [4.69, 9.17) is 5.84 Å². The summed E-state index contributed by atoms with van der Waals surface area (Å²) in [7, 11) is 0. The third-order valence-electron chi connectivity index (χ3n) is 2.66. The molecule has 2 atom stereocenters. The third kappa shape index (κ3) is 2.08. The van der Waals surface area contributed by atoms with Crippen molar-refractivity contribution >= 4 is 11.8 Å². The number of thioether (sulfide) groups is 1. The first-order chi connectivity index (χ1) is 6.92. The van der Waals surface area contributed by atoms with Gasteiger partial charge in [0.25, 0.3) is 0 Å². The van der Waals surface area contributed by atoms with E-state index in [1.807, 2.05) is 24.0 Å². The summed E-state index contributed by atoms with van der Waals surface area (Å²) in [6, 6.07) is 4.31. The van der Waals surface area contributed by atoms with Crippen molar-refractivity contribution in [3.63, 3.8) is 0 Å². The number of hydrogen-bond acceptors (Lipinski definition) is 4. The van der Waals surface area contributed by atoms with E-state index in [1.54, 1.807) is 6.20 Å². The van der Waals surface area contributed by atoms with E-state index in [0.29, 0.717) is 5.92 Å². The summed E-state index contributed by atoms with van der Waals surface area (Å²) in [6.45, 7) is 0. The van der Waals surface area contributed by atoms with Crippen LogP contribution in [0.2, 0.25) is 0 Å². The quantitative estimate of drug-likeness (QED) is 0.582. The second kappa shape index (κ2) is 4.77. The van der Waals surface area contributed by atoms with Crippen molar-refractivity contribution in [2.24, 2.45) is 11.8 Å². The van der Waals surface area contributed by atoms with Gasteiger partial charge in [0.1, 0.15) is 0 Å². The topological polar surface area (TPSA) is 50.9 Å². The van der Waals surface area contributed by atoms with Crippen molar-refractivity contribution in [2.75, 3.05) is 11.5 Å². The van der Waals surface area contributed by atoms with Crippen LogP contribution in [-0.4, -0.2) is 16.5 Å². The normalized spacial score (nSPS) is 23.6. The summed E-state index contributed by atoms with van der Waals surface area (Å²) >= 11 is 2.00. The Morgan fingerprint density at radius 3 is 3.14 bits per heavy atom. The van der Waals surface area contributed by atoms with Gasteiger partial charge in [0.15, 0.2) is 0 Å². The van der Waals surface area contributed by atoms with Crippen molar-refractivity contribution in [3.8, 4) is 0 Å². The largest absolute Gasteiger partial charge is 0.271 e. The lowest BCUT2D eigenvalue weighted by Gasteiger charge is -2.21. The number of hydrazine groups is 1. The molecule has 1 aliphatic heterocycles. The van der Waals surface area contributed by atoms with Crippen LogP contribution < -0.4 is 11.3 Å². The predicted octanol–water partition coefficient (Wildman–Crippen LogP) is 1.34. The number of nitrogens with zero attached hydrogens (tertiary/aromatic N) is 1. The van der Waals surface area contributed by atoms with Gasteiger partial charge in [-0.25, -0.2) is 0 Å². The number of nitrogens with two attached hydrogens (primary N) is 1. The van der Waals surface area contributed by atoms with Crippen LogP contribution >= 0.6 is 11.8 Å². The maximum absolute atomic E-state index is 5.60. The number of hydrogen-bond donors (Lipinski definition) is 2. The highest BCUT2D eigenvalue weighted by Crippen LogP contribution is 2.33. The van der Waals surface area contributed by atoms with Gasteiger partial charge in [0.2, 0.25) is 0 Å². The monoisotopic (exact) mass is 209 g/mol. The first kappa shape index (κ1) is 9.96. The minimum Gasteiger partial charge on any atom is -0.271 e. The Labute approximate surface area is 88.5 Å². The summed E-state index contributed by atoms with van der Waals surface area (Å²) < 4.78 is 0. The van der Waals surface area contributed by atoms with Gasteiger partial charge in [0.05, 0.1) is 6.04 Å². The zero-order valence-corrected chi connectivity index (χ0v) is 8.83. The van der Waals surface area contributed by atoms with Crippen LogP contribution in [0.15, 0.2) is 24.5 Å². The lowest BCUT2D eigenvalue weighted by Crippen LogP contribution is -2.33. The van der Waals surface area contributed by atoms with Gasteiger partial charge >= 0.3 is 0 Å². The molecule has 0 aliphatic carbocycles. The van der Waals surface area contributed by atoms with Crippen molar-refractivity contribution in [3.05, 3.63) is 30.1 Å². The molecule has 3 nitrogen and oxygen atoms in total. The van der Waals surface area contributed by atoms with E-state index in [2.05, 4.69) is 16.5 Å². The van der Waals surface area contributed by atoms with Gasteiger partial charge < -0.3 is 0 Å². The fourth-order valence-corrected chi connectivity index (χ4v) is 3.18. The van der Waals surface area contributed by atoms with E-state index < -0.39 is 0 Å². The highest BCUT2D eigenvalue weighted by atomic mass is 32.2. The third-order valence-corrected chi connectivity index (χ3v) is 3.85. The van der Waals surface area contributed by atoms with Gasteiger partial charge in [-0.3, -0.25) is 16.3 Å². The molecule has 0 aromatic carbocycles. The minimum absolute atomic E-state index is 0.263. The Morgan fingerprint density at radius 2 is 2.57 bits per heavy atom. The van der Waals surface area contributed by atoms with Crippen LogP contribution in [-0.2, 0) is 0 Å². The predicted molar refractivity (Wildman–Crippen MR) is 59.7 cm³/mol. The molecule has 1 aromatic heterocycles. The number of aromatic nitrogens is 1. The van der Waals surface area contributed by atoms with Crippen LogP contribution in [0.25, 0.3) is 0 Å². The van der Waals surface area contributed by atoms with Crippen molar-refractivity contribution < 1.29 is 0 Å². The van der Waals surface area contributed by atoms with Crippen LogP contribution in [0.1, 0.15) is 18.0 Å². The highest BCUT2D eigenvalue weighted by molar-refractivity contribution is 7.99. The second-order valence-corrected chi connectivity index (χ2v) is 4.70. The molecule has 1 aromatic rings. The van der Waals surface area contributed by atoms with Gasteiger partial charge in [-0.2, -0.15) is 11.8 Å². The first-order valence-corrected chi connectivity index (χ1v) is 6.01. The van der Waals surface area contributed by atoms with Gasteiger partial charge in [-0.1, -0.05) is 6.07 Å². The molecule has 2 heterocycles. The molecular formula is C10H15N3S. The van der Waals surface area contributed by atoms with Crippen molar-refractivity contribution in [1.82, 2.24) is 10.4 Å². The number of rotatable bonds is 3. The molecule has 0 spiro atoms. The minimum atomic E-state index is 0.263. The summed E-state index contributed by atoms with van der Waals surface area (Å²) in [5.41, 5.74) is 4.10. The first-order valence-electron chi connectivity index (χ1n) is 4.85. The zero-order chi connectivity index (χ0) is 9.80. The highest BCUT2D eigenvalue weighted by Gasteiger charge is 2.25. The Kier molecular flexibility index (Phi) is 3.39. The van der Waals surface area contributed by atoms with Gasteiger partial charge in [-0.05, 0) is 35.5 Å². The maximum atomic E-state index is 5.60. The Bertz CT molecular complexity index is 272. The van der Waals surface area contributed by atoms with E-state index in [0.717, 1.165) is 0 Å². The smallest absolute Gasteiger partial charge is 0.0511 e. The molecular weight excluding hydrogens is 194 g/mol. The fourth-order valence-electron chi connectivity index (χ4n) is 1.88. The molecule has 0 saturated carbocycles. The molecule has 14 heavy (non-hydrogen) atoms. The molecule has 1 aliphatic rings. The van der Waals surface area contributed by atoms with Crippen LogP contribution in [0.3, 0.4) is 0 Å². The van der Waals surface area contributed by atoms with Gasteiger partial charge in [-0.15, -0.1) is 0 Å². The molecule has 0 bridgehead atoms. The van der Waals surface area contributed by atoms with E-state index in [1.165, 1.54) is 23.5 Å². The zero-order valence-electron chi connectivity index (χ0n) is 8.02. The lowest BCUT2D eigenvalue weighted by molar-refractivity contribution is 0.400. The summed E-state index contributed by atoms with van der Waals surface area (Å²) in [5, 5.41) is 0. The number of nitrogens with one attached hydrogen (secondary N) is 1. The van der Waals surface area contributed by atoms with Crippen molar-refractivity contribution in [1.29, 1.82) is 0 Å². The SMILES string of the molecule is NNC(c1cccnc1)C1CCSC1. The van der Waals surface area contributed by atoms with Gasteiger partial charge in [0, 0.05) is 12.4 Å². The average Bonchev–Trinajstić information content (AvgIpc) is 2.74. The molecule has 0 amide bonds. The Hall–Kier alpha value is -0.580. The molecule has 3 N–H and O–H groups in total. The molecule has 1 fully saturated rings. The molecule has 4 heteroatoms. The van der Waals surface area contributed by atoms with Crippen LogP contribution in [0.4, 0.5) is 0 Å². The Morgan fingerprint density at radius 1 is 1.64 bits per heavy atom. The Balaban J connectivity index is 2.12. The standard InChI is InChI=1S/C10H15N3S/c11-13-10(9-3-5-14-7-9)8-2-1-4-12-6-8/h1-2,4,6,9-10,13H,3,5,7,11H2. The van der Waals surface area contributed by atoms with E-state index in [-0.39, 0.29) is 6.04 Å². The average molecular weight is 209 g/mol. The summed E-state index contributed by atoms with van der Waals surface area (Å²) in [5.74, 6) is 8.70. The molecule has 0 radical (unpaired) electrons. The maximum Gasteiger partial charge on any atom is 0.0511 e. The number of pyridine rings is 1. The van der Waals surface area contributed by atoms with Crippen molar-refractivity contribution in [2.45, 2.75) is 12.5 Å². The molecule has 2 unspecified atom stereocenters. The van der Waals surface area contributed by atoms with Crippen LogP contribution in [0, 0.1) is 5.92 Å². The van der Waals surface area contributed by atoms with E-state index in [9.17, 15) is 0 Å². The van der Waals surface area contributed by atoms with E-state index >= 15 is 0 Å². The molecule has 1 saturated heterocycles.